The van der Waals surface area contributed by atoms with Crippen LogP contribution in [0.3, 0.4) is 0 Å². The molecule has 1 saturated carbocycles. The summed E-state index contributed by atoms with van der Waals surface area (Å²) in [5.74, 6) is 1.22. The molecule has 23 heavy (non-hydrogen) atoms. The second kappa shape index (κ2) is 8.77. The predicted octanol–water partition coefficient (Wildman–Crippen LogP) is 3.00. The Morgan fingerprint density at radius 1 is 1.35 bits per heavy atom. The zero-order chi connectivity index (χ0) is 16.7. The summed E-state index contributed by atoms with van der Waals surface area (Å²) in [5.41, 5.74) is 1.02. The first-order valence-electron chi connectivity index (χ1n) is 8.53. The Hall–Kier alpha value is -1.75. The average molecular weight is 320 g/mol. The van der Waals surface area contributed by atoms with Crippen LogP contribution in [0.2, 0.25) is 0 Å². The molecule has 0 radical (unpaired) electrons. The minimum absolute atomic E-state index is 0.0795. The van der Waals surface area contributed by atoms with Crippen LogP contribution in [0.25, 0.3) is 0 Å². The molecule has 1 aliphatic rings. The van der Waals surface area contributed by atoms with Gasteiger partial charge >= 0.3 is 6.03 Å². The Kier molecular flexibility index (Phi) is 6.71. The highest BCUT2D eigenvalue weighted by molar-refractivity contribution is 5.74. The maximum Gasteiger partial charge on any atom is 0.315 e. The van der Waals surface area contributed by atoms with Gasteiger partial charge in [-0.3, -0.25) is 0 Å². The van der Waals surface area contributed by atoms with E-state index in [2.05, 4.69) is 10.6 Å². The lowest BCUT2D eigenvalue weighted by Gasteiger charge is -2.28. The smallest absolute Gasteiger partial charge is 0.315 e. The van der Waals surface area contributed by atoms with E-state index in [4.69, 9.17) is 9.84 Å². The van der Waals surface area contributed by atoms with Crippen molar-refractivity contribution in [3.8, 4) is 5.75 Å². The number of amides is 2. The van der Waals surface area contributed by atoms with Crippen molar-refractivity contribution < 1.29 is 14.6 Å². The van der Waals surface area contributed by atoms with Gasteiger partial charge in [-0.05, 0) is 63.1 Å². The van der Waals surface area contributed by atoms with E-state index in [9.17, 15) is 4.79 Å². The lowest BCUT2D eigenvalue weighted by molar-refractivity contribution is 0.174. The summed E-state index contributed by atoms with van der Waals surface area (Å²) >= 11 is 0. The molecule has 0 aromatic heterocycles. The average Bonchev–Trinajstić information content (AvgIpc) is 2.56. The Balaban J connectivity index is 1.81. The molecule has 1 unspecified atom stereocenters. The van der Waals surface area contributed by atoms with Crippen molar-refractivity contribution in [3.63, 3.8) is 0 Å². The van der Waals surface area contributed by atoms with Gasteiger partial charge in [-0.1, -0.05) is 12.1 Å². The van der Waals surface area contributed by atoms with Gasteiger partial charge in [0.1, 0.15) is 5.75 Å². The molecule has 0 bridgehead atoms. The van der Waals surface area contributed by atoms with E-state index in [1.165, 1.54) is 0 Å². The van der Waals surface area contributed by atoms with Gasteiger partial charge in [-0.2, -0.15) is 0 Å². The van der Waals surface area contributed by atoms with Crippen LogP contribution in [0.15, 0.2) is 24.3 Å². The fourth-order valence-electron chi connectivity index (χ4n) is 3.04. The fraction of sp³-hybridized carbons (Fsp3) is 0.611. The number of hydrogen-bond acceptors (Lipinski definition) is 3. The van der Waals surface area contributed by atoms with E-state index in [0.29, 0.717) is 12.5 Å². The summed E-state index contributed by atoms with van der Waals surface area (Å²) in [6.07, 6.45) is 3.83. The van der Waals surface area contributed by atoms with Gasteiger partial charge in [-0.25, -0.2) is 4.79 Å². The van der Waals surface area contributed by atoms with Crippen LogP contribution in [-0.2, 0) is 0 Å². The quantitative estimate of drug-likeness (QED) is 0.754. The third-order valence-corrected chi connectivity index (χ3v) is 4.46. The Bertz CT molecular complexity index is 499. The van der Waals surface area contributed by atoms with Crippen LogP contribution >= 0.6 is 0 Å². The third-order valence-electron chi connectivity index (χ3n) is 4.46. The number of ether oxygens (including phenoxy) is 1. The number of urea groups is 1. The Morgan fingerprint density at radius 2 is 2.09 bits per heavy atom. The minimum Gasteiger partial charge on any atom is -0.494 e. The highest BCUT2D eigenvalue weighted by Crippen LogP contribution is 2.24. The number of nitrogens with one attached hydrogen (secondary N) is 2. The fourth-order valence-corrected chi connectivity index (χ4v) is 3.04. The van der Waals surface area contributed by atoms with E-state index in [1.807, 2.05) is 38.1 Å². The first kappa shape index (κ1) is 17.6. The number of rotatable bonds is 6. The molecule has 1 atom stereocenters. The minimum atomic E-state index is -0.133. The summed E-state index contributed by atoms with van der Waals surface area (Å²) in [6.45, 7) is 4.80. The third kappa shape index (κ3) is 5.43. The van der Waals surface area contributed by atoms with Gasteiger partial charge in [0, 0.05) is 12.6 Å². The van der Waals surface area contributed by atoms with Crippen molar-refractivity contribution in [2.45, 2.75) is 51.6 Å². The molecule has 1 aromatic carbocycles. The van der Waals surface area contributed by atoms with E-state index >= 15 is 0 Å². The molecule has 2 rings (SSSR count). The molecule has 0 spiro atoms. The monoisotopic (exact) mass is 320 g/mol. The molecule has 2 amide bonds. The van der Waals surface area contributed by atoms with Crippen molar-refractivity contribution in [3.05, 3.63) is 29.8 Å². The second-order valence-corrected chi connectivity index (χ2v) is 6.25. The Morgan fingerprint density at radius 3 is 2.74 bits per heavy atom. The normalized spacial score (nSPS) is 22.2. The number of aliphatic hydroxyl groups is 1. The van der Waals surface area contributed by atoms with E-state index in [1.54, 1.807) is 0 Å². The zero-order valence-corrected chi connectivity index (χ0v) is 14.0. The highest BCUT2D eigenvalue weighted by atomic mass is 16.5. The number of carbonyl (C=O) groups excluding carboxylic acids is 1. The van der Waals surface area contributed by atoms with E-state index < -0.39 is 0 Å². The molecule has 0 aliphatic heterocycles. The number of carbonyl (C=O) groups is 1. The van der Waals surface area contributed by atoms with Crippen molar-refractivity contribution in [1.82, 2.24) is 10.6 Å². The summed E-state index contributed by atoms with van der Waals surface area (Å²) in [4.78, 5) is 12.2. The summed E-state index contributed by atoms with van der Waals surface area (Å²) in [5, 5.41) is 15.2. The van der Waals surface area contributed by atoms with Crippen molar-refractivity contribution >= 4 is 6.03 Å². The standard InChI is InChI=1S/C18H28N2O3/c1-3-23-17-6-4-5-15(11-17)13(2)19-18(22)20-16-9-7-14(12-21)8-10-16/h4-6,11,13-14,16,21H,3,7-10,12H2,1-2H3,(H2,19,20,22). The number of aliphatic hydroxyl groups excluding tert-OH is 1. The lowest BCUT2D eigenvalue weighted by Crippen LogP contribution is -2.44. The van der Waals surface area contributed by atoms with E-state index in [-0.39, 0.29) is 24.7 Å². The van der Waals surface area contributed by atoms with Crippen LogP contribution in [0.1, 0.15) is 51.1 Å². The number of benzene rings is 1. The lowest BCUT2D eigenvalue weighted by atomic mass is 9.87. The molecule has 3 N–H and O–H groups in total. The van der Waals surface area contributed by atoms with Gasteiger partial charge < -0.3 is 20.5 Å². The summed E-state index contributed by atoms with van der Waals surface area (Å²) in [6, 6.07) is 7.79. The zero-order valence-electron chi connectivity index (χ0n) is 14.0. The molecule has 128 valence electrons. The summed E-state index contributed by atoms with van der Waals surface area (Å²) in [7, 11) is 0. The van der Waals surface area contributed by atoms with Crippen molar-refractivity contribution in [1.29, 1.82) is 0 Å². The molecule has 5 nitrogen and oxygen atoms in total. The van der Waals surface area contributed by atoms with Crippen molar-refractivity contribution in [2.75, 3.05) is 13.2 Å². The molecule has 0 heterocycles. The summed E-state index contributed by atoms with van der Waals surface area (Å²) < 4.78 is 5.50. The topological polar surface area (TPSA) is 70.6 Å². The molecule has 0 saturated heterocycles. The first-order chi connectivity index (χ1) is 11.1. The van der Waals surface area contributed by atoms with Gasteiger partial charge in [0.25, 0.3) is 0 Å². The van der Waals surface area contributed by atoms with Crippen LogP contribution in [-0.4, -0.2) is 30.4 Å². The molecular weight excluding hydrogens is 292 g/mol. The van der Waals surface area contributed by atoms with Crippen LogP contribution in [0.4, 0.5) is 4.79 Å². The molecule has 1 aromatic rings. The van der Waals surface area contributed by atoms with Crippen LogP contribution in [0, 0.1) is 5.92 Å². The molecule has 1 fully saturated rings. The van der Waals surface area contributed by atoms with Gasteiger partial charge in [0.15, 0.2) is 0 Å². The maximum absolute atomic E-state index is 12.2. The van der Waals surface area contributed by atoms with Crippen LogP contribution < -0.4 is 15.4 Å². The highest BCUT2D eigenvalue weighted by Gasteiger charge is 2.22. The molecular formula is C18H28N2O3. The van der Waals surface area contributed by atoms with Gasteiger partial charge in [-0.15, -0.1) is 0 Å². The van der Waals surface area contributed by atoms with Crippen LogP contribution in [0.5, 0.6) is 5.75 Å². The largest absolute Gasteiger partial charge is 0.494 e. The second-order valence-electron chi connectivity index (χ2n) is 6.25. The SMILES string of the molecule is CCOc1cccc(C(C)NC(=O)NC2CCC(CO)CC2)c1. The Labute approximate surface area is 138 Å². The van der Waals surface area contributed by atoms with Gasteiger partial charge in [0.2, 0.25) is 0 Å². The first-order valence-corrected chi connectivity index (χ1v) is 8.53. The maximum atomic E-state index is 12.2. The van der Waals surface area contributed by atoms with E-state index in [0.717, 1.165) is 37.0 Å². The number of hydrogen-bond donors (Lipinski definition) is 3. The predicted molar refractivity (Wildman–Crippen MR) is 90.5 cm³/mol. The van der Waals surface area contributed by atoms with Crippen molar-refractivity contribution in [2.24, 2.45) is 5.92 Å². The molecule has 5 heteroatoms. The molecule has 1 aliphatic carbocycles. The van der Waals surface area contributed by atoms with Gasteiger partial charge in [0.05, 0.1) is 12.6 Å².